The average molecular weight is 274 g/mol. The summed E-state index contributed by atoms with van der Waals surface area (Å²) < 4.78 is 5.13. The number of fused-ring (bicyclic) bond motifs is 1. The molecule has 1 aromatic rings. The van der Waals surface area contributed by atoms with Crippen molar-refractivity contribution in [3.63, 3.8) is 0 Å². The first-order chi connectivity index (χ1) is 9.79. The van der Waals surface area contributed by atoms with Crippen molar-refractivity contribution in [2.45, 2.75) is 37.9 Å². The predicted octanol–water partition coefficient (Wildman–Crippen LogP) is 1.34. The third-order valence-corrected chi connectivity index (χ3v) is 4.19. The van der Waals surface area contributed by atoms with Gasteiger partial charge in [-0.25, -0.2) is 0 Å². The molecule has 0 bridgehead atoms. The Morgan fingerprint density at radius 3 is 2.80 bits per heavy atom. The van der Waals surface area contributed by atoms with Crippen molar-refractivity contribution >= 4 is 5.91 Å². The Morgan fingerprint density at radius 2 is 2.10 bits per heavy atom. The molecule has 108 valence electrons. The topological polar surface area (TPSA) is 41.6 Å². The number of nitrogens with zero attached hydrogens (tertiary/aromatic N) is 1. The lowest BCUT2D eigenvalue weighted by Crippen LogP contribution is -2.51. The van der Waals surface area contributed by atoms with Gasteiger partial charge in [-0.3, -0.25) is 4.79 Å². The zero-order chi connectivity index (χ0) is 13.9. The van der Waals surface area contributed by atoms with Crippen LogP contribution in [0.25, 0.3) is 0 Å². The summed E-state index contributed by atoms with van der Waals surface area (Å²) in [5.41, 5.74) is 2.61. The summed E-state index contributed by atoms with van der Waals surface area (Å²) in [5, 5.41) is 3.38. The highest BCUT2D eigenvalue weighted by Gasteiger charge is 2.36. The second kappa shape index (κ2) is 5.94. The molecule has 0 spiro atoms. The quantitative estimate of drug-likeness (QED) is 0.881. The van der Waals surface area contributed by atoms with Gasteiger partial charge in [0.2, 0.25) is 5.91 Å². The summed E-state index contributed by atoms with van der Waals surface area (Å²) in [5.74, 6) is 0.235. The monoisotopic (exact) mass is 274 g/mol. The van der Waals surface area contributed by atoms with Gasteiger partial charge in [-0.2, -0.15) is 0 Å². The first-order valence-electron chi connectivity index (χ1n) is 7.39. The van der Waals surface area contributed by atoms with Gasteiger partial charge in [0, 0.05) is 26.2 Å². The standard InChI is InChI=1S/C16H22N2O2/c1-20-9-8-18(14-6-7-14)16(19)15-10-12-4-2-3-5-13(12)11-17-15/h2-5,14-15,17H,6-11H2,1H3/t15-/m1/s1. The molecule has 0 unspecified atom stereocenters. The first-order valence-corrected chi connectivity index (χ1v) is 7.39. The van der Waals surface area contributed by atoms with Crippen LogP contribution in [0.15, 0.2) is 24.3 Å². The summed E-state index contributed by atoms with van der Waals surface area (Å²) in [6, 6.07) is 8.73. The normalized spacial score (nSPS) is 21.4. The van der Waals surface area contributed by atoms with Crippen molar-refractivity contribution in [3.8, 4) is 0 Å². The molecule has 1 heterocycles. The molecule has 4 nitrogen and oxygen atoms in total. The number of amides is 1. The van der Waals surface area contributed by atoms with Crippen LogP contribution >= 0.6 is 0 Å². The maximum atomic E-state index is 12.7. The average Bonchev–Trinajstić information content (AvgIpc) is 3.32. The van der Waals surface area contributed by atoms with Gasteiger partial charge < -0.3 is 15.0 Å². The summed E-state index contributed by atoms with van der Waals surface area (Å²) in [6.45, 7) is 2.11. The number of hydrogen-bond acceptors (Lipinski definition) is 3. The minimum Gasteiger partial charge on any atom is -0.383 e. The molecule has 0 radical (unpaired) electrons. The fourth-order valence-corrected chi connectivity index (χ4v) is 2.88. The number of hydrogen-bond donors (Lipinski definition) is 1. The minimum atomic E-state index is -0.0812. The van der Waals surface area contributed by atoms with E-state index in [0.717, 1.165) is 25.8 Å². The summed E-state index contributed by atoms with van der Waals surface area (Å²) in [4.78, 5) is 14.7. The van der Waals surface area contributed by atoms with E-state index in [1.54, 1.807) is 7.11 Å². The number of benzene rings is 1. The van der Waals surface area contributed by atoms with Gasteiger partial charge in [-0.15, -0.1) is 0 Å². The van der Waals surface area contributed by atoms with Crippen molar-refractivity contribution < 1.29 is 9.53 Å². The smallest absolute Gasteiger partial charge is 0.240 e. The summed E-state index contributed by atoms with van der Waals surface area (Å²) >= 11 is 0. The highest BCUT2D eigenvalue weighted by atomic mass is 16.5. The number of nitrogens with one attached hydrogen (secondary N) is 1. The predicted molar refractivity (Wildman–Crippen MR) is 77.4 cm³/mol. The van der Waals surface area contributed by atoms with Crippen molar-refractivity contribution in [2.24, 2.45) is 0 Å². The van der Waals surface area contributed by atoms with Crippen LogP contribution in [0.5, 0.6) is 0 Å². The Balaban J connectivity index is 1.68. The van der Waals surface area contributed by atoms with Crippen LogP contribution in [-0.4, -0.2) is 43.2 Å². The SMILES string of the molecule is COCCN(C(=O)[C@H]1Cc2ccccc2CN1)C1CC1. The van der Waals surface area contributed by atoms with Gasteiger partial charge in [-0.05, 0) is 30.4 Å². The van der Waals surface area contributed by atoms with Crippen LogP contribution in [0, 0.1) is 0 Å². The van der Waals surface area contributed by atoms with Crippen LogP contribution < -0.4 is 5.32 Å². The van der Waals surface area contributed by atoms with Crippen LogP contribution in [0.2, 0.25) is 0 Å². The molecule has 0 saturated heterocycles. The third-order valence-electron chi connectivity index (χ3n) is 4.19. The highest BCUT2D eigenvalue weighted by Crippen LogP contribution is 2.28. The van der Waals surface area contributed by atoms with Crippen molar-refractivity contribution in [2.75, 3.05) is 20.3 Å². The lowest BCUT2D eigenvalue weighted by atomic mass is 9.95. The molecule has 1 aliphatic carbocycles. The van der Waals surface area contributed by atoms with Crippen molar-refractivity contribution in [1.29, 1.82) is 0 Å². The van der Waals surface area contributed by atoms with Gasteiger partial charge >= 0.3 is 0 Å². The molecule has 1 N–H and O–H groups in total. The Labute approximate surface area is 120 Å². The highest BCUT2D eigenvalue weighted by molar-refractivity contribution is 5.83. The molecule has 1 saturated carbocycles. The zero-order valence-corrected chi connectivity index (χ0v) is 12.0. The van der Waals surface area contributed by atoms with Gasteiger partial charge in [-0.1, -0.05) is 24.3 Å². The number of ether oxygens (including phenoxy) is 1. The zero-order valence-electron chi connectivity index (χ0n) is 12.0. The minimum absolute atomic E-state index is 0.0812. The Kier molecular flexibility index (Phi) is 4.03. The molecule has 1 fully saturated rings. The van der Waals surface area contributed by atoms with Gasteiger partial charge in [0.05, 0.1) is 12.6 Å². The van der Waals surface area contributed by atoms with Crippen LogP contribution in [-0.2, 0) is 22.5 Å². The van der Waals surface area contributed by atoms with Crippen LogP contribution in [0.3, 0.4) is 0 Å². The lowest BCUT2D eigenvalue weighted by molar-refractivity contribution is -0.134. The molecule has 2 aliphatic rings. The van der Waals surface area contributed by atoms with E-state index in [9.17, 15) is 4.79 Å². The number of carbonyl (C=O) groups is 1. The van der Waals surface area contributed by atoms with E-state index in [0.29, 0.717) is 19.2 Å². The molecular formula is C16H22N2O2. The molecule has 1 atom stereocenters. The summed E-state index contributed by atoms with van der Waals surface area (Å²) in [6.07, 6.45) is 3.07. The second-order valence-corrected chi connectivity index (χ2v) is 5.66. The molecule has 1 amide bonds. The van der Waals surface area contributed by atoms with Gasteiger partial charge in [0.1, 0.15) is 0 Å². The number of carbonyl (C=O) groups excluding carboxylic acids is 1. The molecule has 20 heavy (non-hydrogen) atoms. The molecule has 0 aromatic heterocycles. The van der Waals surface area contributed by atoms with Gasteiger partial charge in [0.15, 0.2) is 0 Å². The Morgan fingerprint density at radius 1 is 1.35 bits per heavy atom. The molecular weight excluding hydrogens is 252 g/mol. The fraction of sp³-hybridized carbons (Fsp3) is 0.562. The van der Waals surface area contributed by atoms with E-state index in [4.69, 9.17) is 4.74 Å². The maximum absolute atomic E-state index is 12.7. The lowest BCUT2D eigenvalue weighted by Gasteiger charge is -2.31. The van der Waals surface area contributed by atoms with Crippen LogP contribution in [0.1, 0.15) is 24.0 Å². The van der Waals surface area contributed by atoms with E-state index < -0.39 is 0 Å². The van der Waals surface area contributed by atoms with E-state index >= 15 is 0 Å². The third kappa shape index (κ3) is 2.86. The van der Waals surface area contributed by atoms with E-state index in [1.165, 1.54) is 11.1 Å². The Bertz CT molecular complexity index is 485. The molecule has 1 aliphatic heterocycles. The second-order valence-electron chi connectivity index (χ2n) is 5.66. The largest absolute Gasteiger partial charge is 0.383 e. The van der Waals surface area contributed by atoms with Crippen molar-refractivity contribution in [3.05, 3.63) is 35.4 Å². The van der Waals surface area contributed by atoms with E-state index in [-0.39, 0.29) is 11.9 Å². The molecule has 3 rings (SSSR count). The fourth-order valence-electron chi connectivity index (χ4n) is 2.88. The van der Waals surface area contributed by atoms with E-state index in [2.05, 4.69) is 29.6 Å². The Hall–Kier alpha value is -1.39. The number of rotatable bonds is 5. The van der Waals surface area contributed by atoms with Crippen LogP contribution in [0.4, 0.5) is 0 Å². The maximum Gasteiger partial charge on any atom is 0.240 e. The first kappa shape index (κ1) is 13.6. The summed E-state index contributed by atoms with van der Waals surface area (Å²) in [7, 11) is 1.69. The van der Waals surface area contributed by atoms with E-state index in [1.807, 2.05) is 4.90 Å². The van der Waals surface area contributed by atoms with Gasteiger partial charge in [0.25, 0.3) is 0 Å². The molecule has 1 aromatic carbocycles. The van der Waals surface area contributed by atoms with Crippen molar-refractivity contribution in [1.82, 2.24) is 10.2 Å². The number of methoxy groups -OCH3 is 1. The molecule has 4 heteroatoms.